The molecule has 0 spiro atoms. The second kappa shape index (κ2) is 8.71. The summed E-state index contributed by atoms with van der Waals surface area (Å²) in [5, 5.41) is 0. The SMILES string of the molecule is CCCCCCCCC(N)c1ccc(Br)c(C)c1. The normalized spacial score (nSPS) is 12.7. The third-order valence-electron chi connectivity index (χ3n) is 3.48. The smallest absolute Gasteiger partial charge is 0.0294 e. The molecule has 2 heteroatoms. The maximum absolute atomic E-state index is 6.24. The zero-order chi connectivity index (χ0) is 13.4. The second-order valence-electron chi connectivity index (χ2n) is 5.17. The van der Waals surface area contributed by atoms with Gasteiger partial charge in [-0.1, -0.05) is 73.5 Å². The van der Waals surface area contributed by atoms with Crippen molar-refractivity contribution >= 4 is 15.9 Å². The average molecular weight is 312 g/mol. The quantitative estimate of drug-likeness (QED) is 0.629. The Kier molecular flexibility index (Phi) is 7.60. The molecule has 0 aliphatic carbocycles. The van der Waals surface area contributed by atoms with Gasteiger partial charge in [0.25, 0.3) is 0 Å². The lowest BCUT2D eigenvalue weighted by Crippen LogP contribution is -2.10. The number of halogens is 1. The number of hydrogen-bond acceptors (Lipinski definition) is 1. The molecule has 1 aromatic carbocycles. The minimum Gasteiger partial charge on any atom is -0.324 e. The Morgan fingerprint density at radius 3 is 2.44 bits per heavy atom. The van der Waals surface area contributed by atoms with Gasteiger partial charge in [-0.3, -0.25) is 0 Å². The van der Waals surface area contributed by atoms with Crippen molar-refractivity contribution in [3.05, 3.63) is 33.8 Å². The summed E-state index contributed by atoms with van der Waals surface area (Å²) in [6, 6.07) is 6.64. The highest BCUT2D eigenvalue weighted by Gasteiger charge is 2.06. The number of rotatable bonds is 8. The monoisotopic (exact) mass is 311 g/mol. The number of hydrogen-bond donors (Lipinski definition) is 1. The summed E-state index contributed by atoms with van der Waals surface area (Å²) >= 11 is 3.53. The van der Waals surface area contributed by atoms with Crippen molar-refractivity contribution in [1.29, 1.82) is 0 Å². The van der Waals surface area contributed by atoms with Crippen molar-refractivity contribution in [2.45, 2.75) is 64.8 Å². The Bertz CT molecular complexity index is 349. The Hall–Kier alpha value is -0.340. The van der Waals surface area contributed by atoms with Gasteiger partial charge in [0.1, 0.15) is 0 Å². The van der Waals surface area contributed by atoms with Crippen LogP contribution in [0.15, 0.2) is 22.7 Å². The maximum atomic E-state index is 6.24. The molecule has 0 aliphatic rings. The molecule has 0 fully saturated rings. The summed E-state index contributed by atoms with van der Waals surface area (Å²) in [7, 11) is 0. The number of nitrogens with two attached hydrogens (primary N) is 1. The Morgan fingerprint density at radius 1 is 1.11 bits per heavy atom. The second-order valence-corrected chi connectivity index (χ2v) is 6.03. The summed E-state index contributed by atoms with van der Waals surface area (Å²) in [6.07, 6.45) is 9.11. The fraction of sp³-hybridized carbons (Fsp3) is 0.625. The van der Waals surface area contributed by atoms with E-state index < -0.39 is 0 Å². The van der Waals surface area contributed by atoms with Gasteiger partial charge in [-0.15, -0.1) is 0 Å². The maximum Gasteiger partial charge on any atom is 0.0294 e. The number of benzene rings is 1. The van der Waals surface area contributed by atoms with Crippen molar-refractivity contribution in [3.8, 4) is 0 Å². The molecule has 1 nitrogen and oxygen atoms in total. The van der Waals surface area contributed by atoms with E-state index in [1.807, 2.05) is 0 Å². The average Bonchev–Trinajstić information content (AvgIpc) is 2.36. The zero-order valence-corrected chi connectivity index (χ0v) is 13.3. The van der Waals surface area contributed by atoms with Crippen molar-refractivity contribution < 1.29 is 0 Å². The van der Waals surface area contributed by atoms with Crippen LogP contribution in [0.2, 0.25) is 0 Å². The first kappa shape index (κ1) is 15.7. The molecule has 0 saturated heterocycles. The van der Waals surface area contributed by atoms with Gasteiger partial charge in [0.2, 0.25) is 0 Å². The minimum atomic E-state index is 0.197. The van der Waals surface area contributed by atoms with Gasteiger partial charge >= 0.3 is 0 Å². The van der Waals surface area contributed by atoms with Crippen LogP contribution < -0.4 is 5.73 Å². The molecule has 102 valence electrons. The summed E-state index contributed by atoms with van der Waals surface area (Å²) in [4.78, 5) is 0. The third kappa shape index (κ3) is 5.53. The van der Waals surface area contributed by atoms with Crippen LogP contribution >= 0.6 is 15.9 Å². The van der Waals surface area contributed by atoms with Crippen LogP contribution in [0.5, 0.6) is 0 Å². The molecule has 1 aromatic rings. The van der Waals surface area contributed by atoms with E-state index in [0.717, 1.165) is 10.9 Å². The Balaban J connectivity index is 2.27. The molecule has 1 unspecified atom stereocenters. The van der Waals surface area contributed by atoms with E-state index in [2.05, 4.69) is 48.0 Å². The lowest BCUT2D eigenvalue weighted by molar-refractivity contribution is 0.547. The van der Waals surface area contributed by atoms with Crippen LogP contribution in [-0.2, 0) is 0 Å². The number of aryl methyl sites for hydroxylation is 1. The topological polar surface area (TPSA) is 26.0 Å². The van der Waals surface area contributed by atoms with E-state index in [9.17, 15) is 0 Å². The lowest BCUT2D eigenvalue weighted by atomic mass is 9.99. The van der Waals surface area contributed by atoms with Crippen molar-refractivity contribution in [2.24, 2.45) is 5.73 Å². The van der Waals surface area contributed by atoms with Gasteiger partial charge < -0.3 is 5.73 Å². The molecule has 18 heavy (non-hydrogen) atoms. The van der Waals surface area contributed by atoms with Crippen molar-refractivity contribution in [2.75, 3.05) is 0 Å². The van der Waals surface area contributed by atoms with Crippen LogP contribution in [0.3, 0.4) is 0 Å². The predicted molar refractivity (Wildman–Crippen MR) is 83.8 cm³/mol. The fourth-order valence-electron chi connectivity index (χ4n) is 2.21. The first-order chi connectivity index (χ1) is 8.65. The summed E-state index contributed by atoms with van der Waals surface area (Å²) in [5.41, 5.74) is 8.78. The highest BCUT2D eigenvalue weighted by Crippen LogP contribution is 2.23. The lowest BCUT2D eigenvalue weighted by Gasteiger charge is -2.13. The molecule has 0 radical (unpaired) electrons. The van der Waals surface area contributed by atoms with Gasteiger partial charge in [-0.2, -0.15) is 0 Å². The van der Waals surface area contributed by atoms with E-state index in [1.54, 1.807) is 0 Å². The van der Waals surface area contributed by atoms with Crippen LogP contribution in [0.1, 0.15) is 69.0 Å². The molecule has 0 aliphatic heterocycles. The highest BCUT2D eigenvalue weighted by atomic mass is 79.9. The van der Waals surface area contributed by atoms with Gasteiger partial charge in [-0.05, 0) is 30.5 Å². The zero-order valence-electron chi connectivity index (χ0n) is 11.7. The number of unbranched alkanes of at least 4 members (excludes halogenated alkanes) is 5. The van der Waals surface area contributed by atoms with Crippen LogP contribution in [0.4, 0.5) is 0 Å². The van der Waals surface area contributed by atoms with E-state index in [0.29, 0.717) is 0 Å². The standard InChI is InChI=1S/C16H26BrN/c1-3-4-5-6-7-8-9-16(18)14-10-11-15(17)13(2)12-14/h10-12,16H,3-9,18H2,1-2H3. The molecule has 0 heterocycles. The molecule has 1 rings (SSSR count). The van der Waals surface area contributed by atoms with Gasteiger partial charge in [0, 0.05) is 10.5 Å². The summed E-state index contributed by atoms with van der Waals surface area (Å²) < 4.78 is 1.16. The summed E-state index contributed by atoms with van der Waals surface area (Å²) in [5.74, 6) is 0. The van der Waals surface area contributed by atoms with E-state index in [-0.39, 0.29) is 6.04 Å². The van der Waals surface area contributed by atoms with Crippen molar-refractivity contribution in [3.63, 3.8) is 0 Å². The molecule has 0 bridgehead atoms. The third-order valence-corrected chi connectivity index (χ3v) is 4.37. The summed E-state index contributed by atoms with van der Waals surface area (Å²) in [6.45, 7) is 4.37. The largest absolute Gasteiger partial charge is 0.324 e. The molecular formula is C16H26BrN. The molecule has 0 saturated carbocycles. The van der Waals surface area contributed by atoms with Gasteiger partial charge in [0.05, 0.1) is 0 Å². The Labute approximate surface area is 120 Å². The van der Waals surface area contributed by atoms with Crippen molar-refractivity contribution in [1.82, 2.24) is 0 Å². The molecule has 0 aromatic heterocycles. The van der Waals surface area contributed by atoms with Gasteiger partial charge in [-0.25, -0.2) is 0 Å². The van der Waals surface area contributed by atoms with Crippen LogP contribution in [0, 0.1) is 6.92 Å². The fourth-order valence-corrected chi connectivity index (χ4v) is 2.46. The minimum absolute atomic E-state index is 0.197. The first-order valence-corrected chi connectivity index (χ1v) is 7.96. The molecular weight excluding hydrogens is 286 g/mol. The molecule has 2 N–H and O–H groups in total. The van der Waals surface area contributed by atoms with Crippen LogP contribution in [-0.4, -0.2) is 0 Å². The van der Waals surface area contributed by atoms with Crippen LogP contribution in [0.25, 0.3) is 0 Å². The van der Waals surface area contributed by atoms with Gasteiger partial charge in [0.15, 0.2) is 0 Å². The van der Waals surface area contributed by atoms with E-state index in [4.69, 9.17) is 5.73 Å². The predicted octanol–water partition coefficient (Wildman–Crippen LogP) is 5.51. The Morgan fingerprint density at radius 2 is 1.78 bits per heavy atom. The molecule has 1 atom stereocenters. The van der Waals surface area contributed by atoms with E-state index in [1.165, 1.54) is 49.7 Å². The van der Waals surface area contributed by atoms with E-state index >= 15 is 0 Å². The molecule has 0 amide bonds. The highest BCUT2D eigenvalue weighted by molar-refractivity contribution is 9.10. The first-order valence-electron chi connectivity index (χ1n) is 7.16.